The van der Waals surface area contributed by atoms with Crippen LogP contribution in [0, 0.1) is 0 Å². The number of hydrogen-bond acceptors (Lipinski definition) is 5. The Bertz CT molecular complexity index is 394. The second kappa shape index (κ2) is 4.99. The minimum Gasteiger partial charge on any atom is -0.330 e. The number of unbranched alkanes of at least 4 members (excludes halogenated alkanes) is 1. The molecule has 0 aliphatic rings. The van der Waals surface area contributed by atoms with Crippen LogP contribution < -0.4 is 5.73 Å². The molecule has 5 nitrogen and oxygen atoms in total. The van der Waals surface area contributed by atoms with Gasteiger partial charge in [-0.1, -0.05) is 0 Å². The van der Waals surface area contributed by atoms with E-state index in [-0.39, 0.29) is 0 Å². The zero-order chi connectivity index (χ0) is 10.5. The normalized spacial score (nSPS) is 10.7. The van der Waals surface area contributed by atoms with E-state index in [1.807, 2.05) is 21.5 Å². The lowest BCUT2D eigenvalue weighted by Crippen LogP contribution is -2.05. The molecule has 0 amide bonds. The van der Waals surface area contributed by atoms with E-state index in [2.05, 4.69) is 15.5 Å². The average Bonchev–Trinajstić information content (AvgIpc) is 2.87. The molecule has 0 aromatic carbocycles. The van der Waals surface area contributed by atoms with Gasteiger partial charge in [-0.25, -0.2) is 4.68 Å². The largest absolute Gasteiger partial charge is 0.330 e. The second-order valence-electron chi connectivity index (χ2n) is 3.23. The van der Waals surface area contributed by atoms with Gasteiger partial charge in [0, 0.05) is 17.5 Å². The van der Waals surface area contributed by atoms with Crippen molar-refractivity contribution >= 4 is 11.3 Å². The van der Waals surface area contributed by atoms with Gasteiger partial charge in [0.15, 0.2) is 5.82 Å². The summed E-state index contributed by atoms with van der Waals surface area (Å²) in [5, 5.41) is 15.7. The Morgan fingerprint density at radius 1 is 1.40 bits per heavy atom. The van der Waals surface area contributed by atoms with E-state index in [4.69, 9.17) is 5.73 Å². The van der Waals surface area contributed by atoms with Gasteiger partial charge in [-0.3, -0.25) is 0 Å². The van der Waals surface area contributed by atoms with E-state index in [0.717, 1.165) is 37.3 Å². The van der Waals surface area contributed by atoms with Crippen LogP contribution in [-0.2, 0) is 6.54 Å². The van der Waals surface area contributed by atoms with Gasteiger partial charge in [0.25, 0.3) is 0 Å². The lowest BCUT2D eigenvalue weighted by molar-refractivity contribution is 0.548. The molecule has 0 fully saturated rings. The summed E-state index contributed by atoms with van der Waals surface area (Å²) >= 11 is 1.65. The molecule has 2 N–H and O–H groups in total. The third kappa shape index (κ3) is 2.40. The Hall–Kier alpha value is -1.27. The van der Waals surface area contributed by atoms with Crippen LogP contribution in [0.15, 0.2) is 16.8 Å². The van der Waals surface area contributed by atoms with Gasteiger partial charge < -0.3 is 5.73 Å². The molecular formula is C9H13N5S. The lowest BCUT2D eigenvalue weighted by atomic mass is 10.3. The molecule has 0 radical (unpaired) electrons. The summed E-state index contributed by atoms with van der Waals surface area (Å²) < 4.78 is 1.83. The fraction of sp³-hybridized carbons (Fsp3) is 0.444. The SMILES string of the molecule is NCCCCn1nnnc1-c1ccsc1. The van der Waals surface area contributed by atoms with Gasteiger partial charge in [0.1, 0.15) is 0 Å². The van der Waals surface area contributed by atoms with Crippen LogP contribution in [-0.4, -0.2) is 26.8 Å². The summed E-state index contributed by atoms with van der Waals surface area (Å²) in [5.74, 6) is 0.841. The van der Waals surface area contributed by atoms with Crippen LogP contribution in [0.3, 0.4) is 0 Å². The summed E-state index contributed by atoms with van der Waals surface area (Å²) in [4.78, 5) is 0. The van der Waals surface area contributed by atoms with Gasteiger partial charge in [0.05, 0.1) is 0 Å². The topological polar surface area (TPSA) is 69.6 Å². The minimum absolute atomic E-state index is 0.718. The van der Waals surface area contributed by atoms with E-state index >= 15 is 0 Å². The van der Waals surface area contributed by atoms with Crippen molar-refractivity contribution in [2.24, 2.45) is 5.73 Å². The van der Waals surface area contributed by atoms with E-state index < -0.39 is 0 Å². The summed E-state index contributed by atoms with van der Waals surface area (Å²) in [7, 11) is 0. The van der Waals surface area contributed by atoms with Crippen molar-refractivity contribution in [2.75, 3.05) is 6.54 Å². The Morgan fingerprint density at radius 3 is 3.07 bits per heavy atom. The first-order valence-electron chi connectivity index (χ1n) is 4.90. The number of nitrogens with two attached hydrogens (primary N) is 1. The van der Waals surface area contributed by atoms with Crippen molar-refractivity contribution in [1.82, 2.24) is 20.2 Å². The van der Waals surface area contributed by atoms with Crippen LogP contribution in [0.2, 0.25) is 0 Å². The predicted octanol–water partition coefficient (Wildman–Crippen LogP) is 1.14. The number of hydrogen-bond donors (Lipinski definition) is 1. The van der Waals surface area contributed by atoms with Crippen molar-refractivity contribution in [3.8, 4) is 11.4 Å². The highest BCUT2D eigenvalue weighted by atomic mass is 32.1. The molecular weight excluding hydrogens is 210 g/mol. The number of thiophene rings is 1. The maximum absolute atomic E-state index is 5.44. The zero-order valence-corrected chi connectivity index (χ0v) is 9.15. The number of aromatic nitrogens is 4. The Labute approximate surface area is 91.9 Å². The average molecular weight is 223 g/mol. The third-order valence-corrected chi connectivity index (χ3v) is 2.82. The molecule has 2 rings (SSSR count). The highest BCUT2D eigenvalue weighted by molar-refractivity contribution is 7.08. The van der Waals surface area contributed by atoms with Crippen molar-refractivity contribution in [2.45, 2.75) is 19.4 Å². The molecule has 0 saturated carbocycles. The maximum atomic E-state index is 5.44. The summed E-state index contributed by atoms with van der Waals surface area (Å²) in [6.07, 6.45) is 2.02. The van der Waals surface area contributed by atoms with Crippen LogP contribution in [0.4, 0.5) is 0 Å². The molecule has 2 heterocycles. The minimum atomic E-state index is 0.718. The summed E-state index contributed by atoms with van der Waals surface area (Å²) in [5.41, 5.74) is 6.52. The van der Waals surface area contributed by atoms with Gasteiger partial charge in [0.2, 0.25) is 0 Å². The smallest absolute Gasteiger partial charge is 0.182 e. The molecule has 0 spiro atoms. The molecule has 0 atom stereocenters. The molecule has 0 saturated heterocycles. The molecule has 0 aliphatic heterocycles. The monoisotopic (exact) mass is 223 g/mol. The van der Waals surface area contributed by atoms with Crippen molar-refractivity contribution < 1.29 is 0 Å². The Balaban J connectivity index is 2.09. The van der Waals surface area contributed by atoms with Crippen molar-refractivity contribution in [3.63, 3.8) is 0 Å². The van der Waals surface area contributed by atoms with E-state index in [1.165, 1.54) is 0 Å². The number of rotatable bonds is 5. The van der Waals surface area contributed by atoms with E-state index in [9.17, 15) is 0 Å². The standard InChI is InChI=1S/C9H13N5S/c10-4-1-2-5-14-9(11-12-13-14)8-3-6-15-7-8/h3,6-7H,1-2,4-5,10H2. The van der Waals surface area contributed by atoms with Gasteiger partial charge in [-0.05, 0) is 41.3 Å². The summed E-state index contributed by atoms with van der Waals surface area (Å²) in [6, 6.07) is 2.02. The predicted molar refractivity (Wildman–Crippen MR) is 59.4 cm³/mol. The molecule has 0 aliphatic carbocycles. The molecule has 2 aromatic heterocycles. The zero-order valence-electron chi connectivity index (χ0n) is 8.33. The molecule has 2 aromatic rings. The van der Waals surface area contributed by atoms with E-state index in [1.54, 1.807) is 11.3 Å². The Kier molecular flexibility index (Phi) is 3.41. The maximum Gasteiger partial charge on any atom is 0.182 e. The van der Waals surface area contributed by atoms with Crippen molar-refractivity contribution in [1.29, 1.82) is 0 Å². The van der Waals surface area contributed by atoms with Gasteiger partial charge >= 0.3 is 0 Å². The highest BCUT2D eigenvalue weighted by Gasteiger charge is 2.07. The second-order valence-corrected chi connectivity index (χ2v) is 4.01. The van der Waals surface area contributed by atoms with Gasteiger partial charge in [-0.15, -0.1) is 5.10 Å². The van der Waals surface area contributed by atoms with Crippen LogP contribution >= 0.6 is 11.3 Å². The number of tetrazole rings is 1. The van der Waals surface area contributed by atoms with Crippen molar-refractivity contribution in [3.05, 3.63) is 16.8 Å². The number of aryl methyl sites for hydroxylation is 1. The first-order chi connectivity index (χ1) is 7.42. The van der Waals surface area contributed by atoms with Gasteiger partial charge in [-0.2, -0.15) is 11.3 Å². The molecule has 80 valence electrons. The molecule has 0 unspecified atom stereocenters. The fourth-order valence-electron chi connectivity index (χ4n) is 1.36. The van der Waals surface area contributed by atoms with Crippen LogP contribution in [0.25, 0.3) is 11.4 Å². The summed E-state index contributed by atoms with van der Waals surface area (Å²) in [6.45, 7) is 1.55. The molecule has 15 heavy (non-hydrogen) atoms. The highest BCUT2D eigenvalue weighted by Crippen LogP contribution is 2.18. The first kappa shape index (κ1) is 10.3. The quantitative estimate of drug-likeness (QED) is 0.772. The Morgan fingerprint density at radius 2 is 2.33 bits per heavy atom. The van der Waals surface area contributed by atoms with Crippen LogP contribution in [0.1, 0.15) is 12.8 Å². The van der Waals surface area contributed by atoms with Crippen LogP contribution in [0.5, 0.6) is 0 Å². The lowest BCUT2D eigenvalue weighted by Gasteiger charge is -2.01. The molecule has 0 bridgehead atoms. The molecule has 6 heteroatoms. The van der Waals surface area contributed by atoms with E-state index in [0.29, 0.717) is 0 Å². The third-order valence-electron chi connectivity index (χ3n) is 2.14. The fourth-order valence-corrected chi connectivity index (χ4v) is 1.99. The number of nitrogens with zero attached hydrogens (tertiary/aromatic N) is 4. The first-order valence-corrected chi connectivity index (χ1v) is 5.85.